The molecule has 7 heteroatoms. The van der Waals surface area contributed by atoms with E-state index in [1.807, 2.05) is 0 Å². The number of ether oxygens (including phenoxy) is 2. The van der Waals surface area contributed by atoms with Gasteiger partial charge in [-0.3, -0.25) is 14.3 Å². The second-order valence-corrected chi connectivity index (χ2v) is 5.14. The molecule has 1 aromatic heterocycles. The van der Waals surface area contributed by atoms with E-state index in [0.29, 0.717) is 5.56 Å². The molecule has 2 bridgehead atoms. The van der Waals surface area contributed by atoms with Crippen molar-refractivity contribution >= 4 is 0 Å². The zero-order valence-corrected chi connectivity index (χ0v) is 10.5. The van der Waals surface area contributed by atoms with Gasteiger partial charge in [0.2, 0.25) is 0 Å². The molecule has 3 rings (SSSR count). The average Bonchev–Trinajstić information content (AvgIpc) is 2.63. The van der Waals surface area contributed by atoms with Gasteiger partial charge >= 0.3 is 5.69 Å². The van der Waals surface area contributed by atoms with Crippen molar-refractivity contribution in [2.45, 2.75) is 37.7 Å². The predicted molar refractivity (Wildman–Crippen MR) is 65.2 cm³/mol. The Bertz CT molecular complexity index is 641. The Morgan fingerprint density at radius 3 is 3.16 bits per heavy atom. The highest BCUT2D eigenvalue weighted by molar-refractivity contribution is 5.07. The van der Waals surface area contributed by atoms with Crippen molar-refractivity contribution in [3.8, 4) is 0 Å². The lowest BCUT2D eigenvalue weighted by Crippen LogP contribution is -2.54. The monoisotopic (exact) mass is 269 g/mol. The summed E-state index contributed by atoms with van der Waals surface area (Å²) < 4.78 is 19.9. The normalized spacial score (nSPS) is 38.2. The Morgan fingerprint density at radius 1 is 1.63 bits per heavy atom. The van der Waals surface area contributed by atoms with Crippen LogP contribution in [0.25, 0.3) is 0 Å². The first-order valence-electron chi connectivity index (χ1n) is 6.74. The molecule has 0 radical (unpaired) electrons. The van der Waals surface area contributed by atoms with Crippen LogP contribution in [0.15, 0.2) is 15.8 Å². The van der Waals surface area contributed by atoms with Gasteiger partial charge in [-0.1, -0.05) is 0 Å². The summed E-state index contributed by atoms with van der Waals surface area (Å²) in [6.07, 6.45) is -0.132. The second kappa shape index (κ2) is 4.03. The van der Waals surface area contributed by atoms with Gasteiger partial charge in [-0.2, -0.15) is 0 Å². The van der Waals surface area contributed by atoms with Gasteiger partial charge in [-0.05, 0) is 13.8 Å². The van der Waals surface area contributed by atoms with Gasteiger partial charge in [0, 0.05) is 13.1 Å². The minimum absolute atomic E-state index is 0.100. The fourth-order valence-electron chi connectivity index (χ4n) is 2.58. The Labute approximate surface area is 110 Å². The van der Waals surface area contributed by atoms with Crippen LogP contribution in [0.1, 0.15) is 19.9 Å². The van der Waals surface area contributed by atoms with Crippen LogP contribution in [0.5, 0.6) is 0 Å². The van der Waals surface area contributed by atoms with Crippen LogP contribution in [-0.2, 0) is 9.47 Å². The largest absolute Gasteiger partial charge is 0.387 e. The third-order valence-electron chi connectivity index (χ3n) is 3.79. The highest BCUT2D eigenvalue weighted by Gasteiger charge is 2.54. The van der Waals surface area contributed by atoms with Crippen molar-refractivity contribution < 1.29 is 16.0 Å². The number of hydrogen-bond donors (Lipinski definition) is 2. The van der Waals surface area contributed by atoms with Crippen molar-refractivity contribution in [3.05, 3.63) is 32.6 Å². The van der Waals surface area contributed by atoms with Gasteiger partial charge in [-0.25, -0.2) is 4.79 Å². The molecule has 0 amide bonds. The standard InChI is InChI=1S/C12H16N2O5/c1-6-3-14(11(17)13-10(6)16)7-4-19-12(2)5-18-8(7)9(12)15/h3,7-9,15H,4-5H2,1-2H3,(H,13,16,17)/t7-,8+,9+,12+/m1/s1/i2D. The predicted octanol–water partition coefficient (Wildman–Crippen LogP) is -1.07. The van der Waals surface area contributed by atoms with Gasteiger partial charge in [-0.15, -0.1) is 0 Å². The van der Waals surface area contributed by atoms with Crippen LogP contribution >= 0.6 is 0 Å². The summed E-state index contributed by atoms with van der Waals surface area (Å²) in [5, 5.41) is 10.2. The van der Waals surface area contributed by atoms with Crippen LogP contribution in [0.3, 0.4) is 0 Å². The Morgan fingerprint density at radius 2 is 2.42 bits per heavy atom. The molecule has 3 heterocycles. The van der Waals surface area contributed by atoms with Gasteiger partial charge in [0.1, 0.15) is 17.8 Å². The van der Waals surface area contributed by atoms with Gasteiger partial charge < -0.3 is 14.6 Å². The van der Waals surface area contributed by atoms with Crippen LogP contribution in [-0.4, -0.2) is 45.7 Å². The van der Waals surface area contributed by atoms with Crippen molar-refractivity contribution in [1.29, 1.82) is 0 Å². The molecule has 2 N–H and O–H groups in total. The van der Waals surface area contributed by atoms with Gasteiger partial charge in [0.05, 0.1) is 19.3 Å². The van der Waals surface area contributed by atoms with E-state index in [9.17, 15) is 14.7 Å². The topological polar surface area (TPSA) is 93.6 Å². The van der Waals surface area contributed by atoms with Crippen molar-refractivity contribution in [3.63, 3.8) is 0 Å². The smallest absolute Gasteiger partial charge is 0.328 e. The Kier molecular flexibility index (Phi) is 2.41. The first-order valence-corrected chi connectivity index (χ1v) is 6.03. The maximum absolute atomic E-state index is 11.9. The molecule has 0 aromatic carbocycles. The molecule has 2 aliphatic rings. The van der Waals surface area contributed by atoms with E-state index in [2.05, 4.69) is 4.98 Å². The quantitative estimate of drug-likeness (QED) is 0.677. The summed E-state index contributed by atoms with van der Waals surface area (Å²) in [7, 11) is 0. The highest BCUT2D eigenvalue weighted by Crippen LogP contribution is 2.38. The molecule has 7 nitrogen and oxygen atoms in total. The molecule has 0 saturated carbocycles. The van der Waals surface area contributed by atoms with E-state index in [1.165, 1.54) is 10.8 Å². The number of nitrogens with zero attached hydrogens (tertiary/aromatic N) is 1. The Hall–Kier alpha value is -1.44. The molecule has 1 aromatic rings. The van der Waals surface area contributed by atoms with E-state index in [-0.39, 0.29) is 20.1 Å². The maximum Gasteiger partial charge on any atom is 0.328 e. The minimum Gasteiger partial charge on any atom is -0.387 e. The molecule has 104 valence electrons. The lowest BCUT2D eigenvalue weighted by atomic mass is 9.91. The summed E-state index contributed by atoms with van der Waals surface area (Å²) in [5.74, 6) is 0. The third-order valence-corrected chi connectivity index (χ3v) is 3.79. The zero-order valence-electron chi connectivity index (χ0n) is 11.5. The summed E-state index contributed by atoms with van der Waals surface area (Å²) >= 11 is 0. The minimum atomic E-state index is -0.998. The van der Waals surface area contributed by atoms with E-state index in [1.54, 1.807) is 6.92 Å². The fourth-order valence-corrected chi connectivity index (χ4v) is 2.58. The average molecular weight is 269 g/mol. The molecular weight excluding hydrogens is 252 g/mol. The van der Waals surface area contributed by atoms with E-state index in [0.717, 1.165) is 0 Å². The van der Waals surface area contributed by atoms with Crippen LogP contribution < -0.4 is 11.2 Å². The third kappa shape index (κ3) is 1.77. The zero-order chi connectivity index (χ0) is 14.5. The number of aliphatic hydroxyl groups is 1. The molecule has 4 atom stereocenters. The lowest BCUT2D eigenvalue weighted by molar-refractivity contribution is -0.139. The number of hydrogen-bond acceptors (Lipinski definition) is 5. The number of fused-ring (bicyclic) bond motifs is 2. The summed E-state index contributed by atoms with van der Waals surface area (Å²) in [4.78, 5) is 25.5. The van der Waals surface area contributed by atoms with E-state index < -0.39 is 35.1 Å². The summed E-state index contributed by atoms with van der Waals surface area (Å²) in [6.45, 7) is 1.79. The van der Waals surface area contributed by atoms with E-state index in [4.69, 9.17) is 10.8 Å². The molecular formula is C12H16N2O5. The maximum atomic E-state index is 11.9. The van der Waals surface area contributed by atoms with E-state index >= 15 is 0 Å². The summed E-state index contributed by atoms with van der Waals surface area (Å²) in [5.41, 5.74) is -1.59. The van der Waals surface area contributed by atoms with Gasteiger partial charge in [0.15, 0.2) is 0 Å². The number of aromatic amines is 1. The molecule has 0 aliphatic carbocycles. The molecule has 0 spiro atoms. The van der Waals surface area contributed by atoms with Crippen LogP contribution in [0, 0.1) is 6.92 Å². The molecule has 2 aliphatic heterocycles. The molecule has 19 heavy (non-hydrogen) atoms. The first kappa shape index (κ1) is 11.4. The number of aromatic nitrogens is 2. The molecule has 2 saturated heterocycles. The number of H-pyrrole nitrogens is 1. The number of aryl methyl sites for hydroxylation is 1. The molecule has 2 fully saturated rings. The number of aliphatic hydroxyl groups excluding tert-OH is 1. The highest BCUT2D eigenvalue weighted by atomic mass is 16.6. The molecule has 0 unspecified atom stereocenters. The SMILES string of the molecule is [2H]C[C@@]12CO[C@@H]([C@H](n3cc(C)c(=O)[nH]c3=O)CO1)[C@@H]2O. The van der Waals surface area contributed by atoms with Crippen LogP contribution in [0.2, 0.25) is 0 Å². The summed E-state index contributed by atoms with van der Waals surface area (Å²) in [6, 6.07) is -0.518. The van der Waals surface area contributed by atoms with Crippen molar-refractivity contribution in [2.24, 2.45) is 0 Å². The Balaban J connectivity index is 2.00. The van der Waals surface area contributed by atoms with Crippen molar-refractivity contribution in [2.75, 3.05) is 13.2 Å². The number of rotatable bonds is 1. The first-order chi connectivity index (χ1) is 9.48. The fraction of sp³-hybridized carbons (Fsp3) is 0.667. The van der Waals surface area contributed by atoms with Crippen LogP contribution in [0.4, 0.5) is 0 Å². The lowest BCUT2D eigenvalue weighted by Gasteiger charge is -2.37. The number of nitrogens with one attached hydrogen (secondary N) is 1. The second-order valence-electron chi connectivity index (χ2n) is 5.14. The van der Waals surface area contributed by atoms with Crippen molar-refractivity contribution in [1.82, 2.24) is 9.55 Å². The van der Waals surface area contributed by atoms with Gasteiger partial charge in [0.25, 0.3) is 5.56 Å².